The molecule has 16 heavy (non-hydrogen) atoms. The minimum absolute atomic E-state index is 0.256. The van der Waals surface area contributed by atoms with Gasteiger partial charge in [0.1, 0.15) is 4.90 Å². The van der Waals surface area contributed by atoms with Gasteiger partial charge in [0.05, 0.1) is 0 Å². The van der Waals surface area contributed by atoms with E-state index in [4.69, 9.17) is 0 Å². The molecule has 0 aliphatic rings. The molecule has 0 unspecified atom stereocenters. The van der Waals surface area contributed by atoms with E-state index < -0.39 is 10.0 Å². The lowest BCUT2D eigenvalue weighted by molar-refractivity contribution is 0.428. The van der Waals surface area contributed by atoms with Crippen LogP contribution in [0.5, 0.6) is 0 Å². The van der Waals surface area contributed by atoms with Crippen LogP contribution in [-0.2, 0) is 10.0 Å². The van der Waals surface area contributed by atoms with Gasteiger partial charge in [0.2, 0.25) is 10.0 Å². The van der Waals surface area contributed by atoms with E-state index >= 15 is 0 Å². The standard InChI is InChI=1S/C10H15BrN2O2S/c1-2-13(8-4-6-11)16(14,15)10-5-3-7-12-9-10/h3,5,7,9H,2,4,6,8H2,1H3. The van der Waals surface area contributed by atoms with Gasteiger partial charge in [0.25, 0.3) is 0 Å². The minimum atomic E-state index is -3.37. The van der Waals surface area contributed by atoms with Crippen molar-refractivity contribution in [1.82, 2.24) is 9.29 Å². The van der Waals surface area contributed by atoms with E-state index in [1.807, 2.05) is 6.92 Å². The Morgan fingerprint density at radius 2 is 2.25 bits per heavy atom. The highest BCUT2D eigenvalue weighted by Crippen LogP contribution is 2.14. The molecule has 1 aromatic rings. The highest BCUT2D eigenvalue weighted by atomic mass is 79.9. The summed E-state index contributed by atoms with van der Waals surface area (Å²) in [7, 11) is -3.37. The summed E-state index contributed by atoms with van der Waals surface area (Å²) < 4.78 is 25.7. The average Bonchev–Trinajstić information content (AvgIpc) is 2.31. The molecule has 0 radical (unpaired) electrons. The molecule has 0 atom stereocenters. The van der Waals surface area contributed by atoms with Gasteiger partial charge in [-0.2, -0.15) is 4.31 Å². The zero-order valence-electron chi connectivity index (χ0n) is 9.13. The summed E-state index contributed by atoms with van der Waals surface area (Å²) in [6.45, 7) is 2.84. The van der Waals surface area contributed by atoms with Crippen LogP contribution >= 0.6 is 15.9 Å². The van der Waals surface area contributed by atoms with Crippen molar-refractivity contribution < 1.29 is 8.42 Å². The minimum Gasteiger partial charge on any atom is -0.263 e. The predicted molar refractivity (Wildman–Crippen MR) is 67.1 cm³/mol. The molecule has 0 saturated carbocycles. The van der Waals surface area contributed by atoms with Crippen LogP contribution in [0.3, 0.4) is 0 Å². The number of alkyl halides is 1. The maximum atomic E-state index is 12.1. The van der Waals surface area contributed by atoms with Crippen LogP contribution in [0.4, 0.5) is 0 Å². The van der Waals surface area contributed by atoms with Crippen molar-refractivity contribution >= 4 is 26.0 Å². The molecule has 0 amide bonds. The maximum absolute atomic E-state index is 12.1. The first-order valence-electron chi connectivity index (χ1n) is 5.09. The van der Waals surface area contributed by atoms with E-state index in [0.717, 1.165) is 11.8 Å². The van der Waals surface area contributed by atoms with E-state index in [2.05, 4.69) is 20.9 Å². The van der Waals surface area contributed by atoms with Crippen molar-refractivity contribution in [2.75, 3.05) is 18.4 Å². The Labute approximate surface area is 105 Å². The highest BCUT2D eigenvalue weighted by molar-refractivity contribution is 9.09. The average molecular weight is 307 g/mol. The van der Waals surface area contributed by atoms with Gasteiger partial charge in [0, 0.05) is 30.8 Å². The summed E-state index contributed by atoms with van der Waals surface area (Å²) in [5.74, 6) is 0. The molecule has 1 heterocycles. The lowest BCUT2D eigenvalue weighted by atomic mass is 10.5. The molecule has 0 aliphatic carbocycles. The molecule has 0 fully saturated rings. The third-order valence-corrected chi connectivity index (χ3v) is 4.68. The normalized spacial score (nSPS) is 11.9. The number of aromatic nitrogens is 1. The summed E-state index contributed by atoms with van der Waals surface area (Å²) in [4.78, 5) is 4.09. The molecule has 0 aliphatic heterocycles. The highest BCUT2D eigenvalue weighted by Gasteiger charge is 2.22. The Morgan fingerprint density at radius 3 is 2.75 bits per heavy atom. The lowest BCUT2D eigenvalue weighted by Gasteiger charge is -2.19. The third-order valence-electron chi connectivity index (χ3n) is 2.17. The second-order valence-electron chi connectivity index (χ2n) is 3.23. The zero-order valence-corrected chi connectivity index (χ0v) is 11.5. The molecule has 90 valence electrons. The van der Waals surface area contributed by atoms with Crippen molar-refractivity contribution in [3.63, 3.8) is 0 Å². The van der Waals surface area contributed by atoms with Gasteiger partial charge in [-0.05, 0) is 18.6 Å². The Kier molecular flexibility index (Phi) is 5.37. The third kappa shape index (κ3) is 3.26. The first-order valence-corrected chi connectivity index (χ1v) is 7.65. The second-order valence-corrected chi connectivity index (χ2v) is 5.96. The first kappa shape index (κ1) is 13.6. The lowest BCUT2D eigenvalue weighted by Crippen LogP contribution is -2.32. The van der Waals surface area contributed by atoms with E-state index in [1.54, 1.807) is 18.3 Å². The zero-order chi connectivity index (χ0) is 12.0. The predicted octanol–water partition coefficient (Wildman–Crippen LogP) is 1.88. The Morgan fingerprint density at radius 1 is 1.50 bits per heavy atom. The summed E-state index contributed by atoms with van der Waals surface area (Å²) in [5.41, 5.74) is 0. The number of pyridine rings is 1. The van der Waals surface area contributed by atoms with Crippen LogP contribution in [0.2, 0.25) is 0 Å². The Balaban J connectivity index is 2.91. The van der Waals surface area contributed by atoms with E-state index in [1.165, 1.54) is 10.5 Å². The number of hydrogen-bond acceptors (Lipinski definition) is 3. The molecule has 0 bridgehead atoms. The summed E-state index contributed by atoms with van der Waals surface area (Å²) in [5, 5.41) is 0.798. The molecule has 1 aromatic heterocycles. The molecular weight excluding hydrogens is 292 g/mol. The molecular formula is C10H15BrN2O2S. The maximum Gasteiger partial charge on any atom is 0.244 e. The number of nitrogens with zero attached hydrogens (tertiary/aromatic N) is 2. The van der Waals surface area contributed by atoms with Gasteiger partial charge in [0.15, 0.2) is 0 Å². The summed E-state index contributed by atoms with van der Waals surface area (Å²) in [6, 6.07) is 3.20. The van der Waals surface area contributed by atoms with Gasteiger partial charge < -0.3 is 0 Å². The Hall–Kier alpha value is -0.460. The largest absolute Gasteiger partial charge is 0.263 e. The molecule has 4 nitrogen and oxygen atoms in total. The fourth-order valence-electron chi connectivity index (χ4n) is 1.33. The van der Waals surface area contributed by atoms with E-state index in [0.29, 0.717) is 13.1 Å². The van der Waals surface area contributed by atoms with Crippen molar-refractivity contribution in [1.29, 1.82) is 0 Å². The molecule has 6 heteroatoms. The summed E-state index contributed by atoms with van der Waals surface area (Å²) in [6.07, 6.45) is 3.74. The topological polar surface area (TPSA) is 50.3 Å². The molecule has 0 spiro atoms. The van der Waals surface area contributed by atoms with Gasteiger partial charge in [-0.1, -0.05) is 22.9 Å². The quantitative estimate of drug-likeness (QED) is 0.754. The van der Waals surface area contributed by atoms with Crippen LogP contribution in [0.1, 0.15) is 13.3 Å². The monoisotopic (exact) mass is 306 g/mol. The first-order chi connectivity index (χ1) is 7.62. The fourth-order valence-corrected chi connectivity index (χ4v) is 3.04. The van der Waals surface area contributed by atoms with Crippen LogP contribution in [-0.4, -0.2) is 36.1 Å². The van der Waals surface area contributed by atoms with Crippen molar-refractivity contribution in [3.8, 4) is 0 Å². The van der Waals surface area contributed by atoms with Crippen molar-refractivity contribution in [3.05, 3.63) is 24.5 Å². The van der Waals surface area contributed by atoms with Crippen LogP contribution in [0, 0.1) is 0 Å². The van der Waals surface area contributed by atoms with E-state index in [9.17, 15) is 8.42 Å². The van der Waals surface area contributed by atoms with Gasteiger partial charge in [-0.25, -0.2) is 8.42 Å². The van der Waals surface area contributed by atoms with Crippen molar-refractivity contribution in [2.24, 2.45) is 0 Å². The van der Waals surface area contributed by atoms with Crippen LogP contribution < -0.4 is 0 Å². The fraction of sp³-hybridized carbons (Fsp3) is 0.500. The smallest absolute Gasteiger partial charge is 0.244 e. The Bertz CT molecular complexity index is 408. The second kappa shape index (κ2) is 6.32. The molecule has 0 N–H and O–H groups in total. The van der Waals surface area contributed by atoms with Gasteiger partial charge >= 0.3 is 0 Å². The number of hydrogen-bond donors (Lipinski definition) is 0. The van der Waals surface area contributed by atoms with Gasteiger partial charge in [-0.3, -0.25) is 4.98 Å². The molecule has 1 rings (SSSR count). The number of rotatable bonds is 6. The van der Waals surface area contributed by atoms with Crippen LogP contribution in [0.25, 0.3) is 0 Å². The SMILES string of the molecule is CCN(CCCBr)S(=O)(=O)c1cccnc1. The van der Waals surface area contributed by atoms with Gasteiger partial charge in [-0.15, -0.1) is 0 Å². The summed E-state index contributed by atoms with van der Waals surface area (Å²) >= 11 is 3.30. The van der Waals surface area contributed by atoms with E-state index in [-0.39, 0.29) is 4.90 Å². The molecule has 0 saturated heterocycles. The number of halogens is 1. The van der Waals surface area contributed by atoms with Crippen molar-refractivity contribution in [2.45, 2.75) is 18.2 Å². The number of sulfonamides is 1. The molecule has 0 aromatic carbocycles. The van der Waals surface area contributed by atoms with Crippen LogP contribution in [0.15, 0.2) is 29.4 Å².